The van der Waals surface area contributed by atoms with E-state index in [0.717, 1.165) is 12.3 Å². The molecule has 1 heterocycles. The average molecular weight is 166 g/mol. The van der Waals surface area contributed by atoms with Crippen molar-refractivity contribution in [2.75, 3.05) is 0 Å². The molecule has 0 saturated heterocycles. The maximum Gasteiger partial charge on any atom is 0.449 e. The van der Waals surface area contributed by atoms with Crippen molar-refractivity contribution in [1.82, 2.24) is 5.32 Å². The minimum Gasteiger partial charge on any atom is -0.368 e. The number of hydrogen-bond donors (Lipinski definition) is 2. The van der Waals surface area contributed by atoms with Gasteiger partial charge in [0.2, 0.25) is 5.84 Å². The molecule has 1 aliphatic heterocycles. The van der Waals surface area contributed by atoms with Crippen molar-refractivity contribution in [3.05, 3.63) is 12.3 Å². The number of nitrogens with zero attached hydrogens (tertiary/aromatic N) is 1. The smallest absolute Gasteiger partial charge is 0.368 e. The van der Waals surface area contributed by atoms with Gasteiger partial charge in [0, 0.05) is 6.20 Å². The maximum absolute atomic E-state index is 11.8. The van der Waals surface area contributed by atoms with Crippen LogP contribution in [-0.2, 0) is 0 Å². The van der Waals surface area contributed by atoms with Crippen molar-refractivity contribution in [1.29, 1.82) is 0 Å². The topological polar surface area (TPSA) is 44.6 Å². The van der Waals surface area contributed by atoms with Crippen LogP contribution in [0, 0.1) is 0 Å². The van der Waals surface area contributed by atoms with E-state index in [1.54, 1.807) is 0 Å². The highest BCUT2D eigenvalue weighted by Gasteiger charge is 2.36. The van der Waals surface area contributed by atoms with Crippen LogP contribution in [0.4, 0.5) is 13.2 Å². The predicted molar refractivity (Wildman–Crippen MR) is 31.8 cm³/mol. The monoisotopic (exact) mass is 166 g/mol. The Hall–Kier alpha value is -1.04. The molecular weight excluding hydrogens is 161 g/mol. The second-order valence-electron chi connectivity index (χ2n) is 1.89. The fourth-order valence-corrected chi connectivity index (χ4v) is 0.581. The molecule has 0 aromatic heterocycles. The lowest BCUT2D eigenvalue weighted by molar-refractivity contribution is -0.0624. The summed E-state index contributed by atoms with van der Waals surface area (Å²) in [5.74, 6) is -1.17. The second kappa shape index (κ2) is 2.54. The highest BCUT2D eigenvalue weighted by Crippen LogP contribution is 2.17. The Morgan fingerprint density at radius 1 is 1.55 bits per heavy atom. The molecule has 0 amide bonds. The molecule has 0 aliphatic carbocycles. The SMILES string of the molecule is OC1C=CNC(C(F)(F)F)=N1. The standard InChI is InChI=1S/C5H5F3N2O/c6-5(7,8)4-9-2-1-3(11)10-4/h1-3,11H,(H,9,10). The predicted octanol–water partition coefficient (Wildman–Crippen LogP) is 0.383. The minimum atomic E-state index is -4.52. The molecule has 1 unspecified atom stereocenters. The molecule has 1 atom stereocenters. The zero-order chi connectivity index (χ0) is 8.48. The van der Waals surface area contributed by atoms with E-state index in [-0.39, 0.29) is 0 Å². The first-order valence-electron chi connectivity index (χ1n) is 2.76. The van der Waals surface area contributed by atoms with Crippen molar-refractivity contribution in [2.24, 2.45) is 4.99 Å². The molecule has 0 radical (unpaired) electrons. The van der Waals surface area contributed by atoms with Gasteiger partial charge < -0.3 is 10.4 Å². The molecule has 1 rings (SSSR count). The van der Waals surface area contributed by atoms with Crippen molar-refractivity contribution in [2.45, 2.75) is 12.4 Å². The molecule has 0 spiro atoms. The van der Waals surface area contributed by atoms with Gasteiger partial charge in [-0.15, -0.1) is 0 Å². The number of aliphatic hydroxyl groups is 1. The molecule has 0 aromatic rings. The van der Waals surface area contributed by atoms with E-state index >= 15 is 0 Å². The molecule has 3 nitrogen and oxygen atoms in total. The highest BCUT2D eigenvalue weighted by molar-refractivity contribution is 5.89. The van der Waals surface area contributed by atoms with Gasteiger partial charge in [-0.05, 0) is 6.08 Å². The van der Waals surface area contributed by atoms with Gasteiger partial charge in [-0.1, -0.05) is 0 Å². The molecule has 0 saturated carbocycles. The van der Waals surface area contributed by atoms with Crippen LogP contribution in [0.15, 0.2) is 17.3 Å². The van der Waals surface area contributed by atoms with Gasteiger partial charge in [-0.3, -0.25) is 0 Å². The quantitative estimate of drug-likeness (QED) is 0.546. The van der Waals surface area contributed by atoms with E-state index in [2.05, 4.69) is 4.99 Å². The van der Waals surface area contributed by atoms with Gasteiger partial charge >= 0.3 is 6.18 Å². The molecule has 0 aromatic carbocycles. The summed E-state index contributed by atoms with van der Waals surface area (Å²) >= 11 is 0. The number of amidine groups is 1. The number of halogens is 3. The van der Waals surface area contributed by atoms with Gasteiger partial charge in [-0.2, -0.15) is 13.2 Å². The van der Waals surface area contributed by atoms with Crippen molar-refractivity contribution in [3.63, 3.8) is 0 Å². The van der Waals surface area contributed by atoms with E-state index < -0.39 is 18.2 Å². The average Bonchev–Trinajstić information content (AvgIpc) is 1.86. The summed E-state index contributed by atoms with van der Waals surface area (Å²) in [6.45, 7) is 0. The molecule has 6 heteroatoms. The van der Waals surface area contributed by atoms with E-state index in [9.17, 15) is 13.2 Å². The number of alkyl halides is 3. The van der Waals surface area contributed by atoms with Crippen LogP contribution in [0.25, 0.3) is 0 Å². The third-order valence-electron chi connectivity index (χ3n) is 1.02. The summed E-state index contributed by atoms with van der Waals surface area (Å²) in [7, 11) is 0. The Kier molecular flexibility index (Phi) is 1.86. The van der Waals surface area contributed by atoms with E-state index in [4.69, 9.17) is 5.11 Å². The lowest BCUT2D eigenvalue weighted by Gasteiger charge is -2.14. The third kappa shape index (κ3) is 1.94. The first-order chi connectivity index (χ1) is 5.00. The third-order valence-corrected chi connectivity index (χ3v) is 1.02. The summed E-state index contributed by atoms with van der Waals surface area (Å²) in [5.41, 5.74) is 0. The molecule has 0 bridgehead atoms. The van der Waals surface area contributed by atoms with Crippen LogP contribution in [0.2, 0.25) is 0 Å². The normalized spacial score (nSPS) is 24.4. The Morgan fingerprint density at radius 3 is 2.55 bits per heavy atom. The molecule has 62 valence electrons. The lowest BCUT2D eigenvalue weighted by Crippen LogP contribution is -2.37. The van der Waals surface area contributed by atoms with Gasteiger partial charge in [-0.25, -0.2) is 4.99 Å². The van der Waals surface area contributed by atoms with Gasteiger partial charge in [0.05, 0.1) is 0 Å². The van der Waals surface area contributed by atoms with E-state index in [0.29, 0.717) is 0 Å². The highest BCUT2D eigenvalue weighted by atomic mass is 19.4. The number of hydrogen-bond acceptors (Lipinski definition) is 3. The fourth-order valence-electron chi connectivity index (χ4n) is 0.581. The summed E-state index contributed by atoms with van der Waals surface area (Å²) in [6, 6.07) is 0. The zero-order valence-electron chi connectivity index (χ0n) is 5.26. The minimum absolute atomic E-state index is 1.00. The van der Waals surface area contributed by atoms with Gasteiger partial charge in [0.1, 0.15) is 0 Å². The molecule has 11 heavy (non-hydrogen) atoms. The number of aliphatic hydroxyl groups excluding tert-OH is 1. The van der Waals surface area contributed by atoms with E-state index in [1.807, 2.05) is 5.32 Å². The van der Waals surface area contributed by atoms with Crippen LogP contribution in [0.1, 0.15) is 0 Å². The molecule has 0 fully saturated rings. The van der Waals surface area contributed by atoms with Crippen molar-refractivity contribution < 1.29 is 18.3 Å². The maximum atomic E-state index is 11.8. The van der Waals surface area contributed by atoms with Crippen LogP contribution < -0.4 is 5.32 Å². The number of nitrogens with one attached hydrogen (secondary N) is 1. The lowest BCUT2D eigenvalue weighted by atomic mass is 10.4. The van der Waals surface area contributed by atoms with Crippen LogP contribution in [-0.4, -0.2) is 23.3 Å². The summed E-state index contributed by atoms with van der Waals surface area (Å²) < 4.78 is 35.3. The summed E-state index contributed by atoms with van der Waals surface area (Å²) in [5, 5.41) is 10.5. The van der Waals surface area contributed by atoms with Crippen molar-refractivity contribution >= 4 is 5.84 Å². The zero-order valence-corrected chi connectivity index (χ0v) is 5.26. The van der Waals surface area contributed by atoms with E-state index in [1.165, 1.54) is 0 Å². The Morgan fingerprint density at radius 2 is 2.18 bits per heavy atom. The van der Waals surface area contributed by atoms with Gasteiger partial charge in [0.25, 0.3) is 0 Å². The first-order valence-corrected chi connectivity index (χ1v) is 2.76. The number of aliphatic imine (C=N–C) groups is 1. The van der Waals surface area contributed by atoms with Crippen LogP contribution >= 0.6 is 0 Å². The number of rotatable bonds is 0. The Balaban J connectivity index is 2.75. The van der Waals surface area contributed by atoms with Crippen LogP contribution in [0.5, 0.6) is 0 Å². The summed E-state index contributed by atoms with van der Waals surface area (Å²) in [4.78, 5) is 2.90. The summed E-state index contributed by atoms with van der Waals surface area (Å²) in [6.07, 6.45) is -3.81. The molecular formula is C5H5F3N2O. The first kappa shape index (κ1) is 8.06. The second-order valence-corrected chi connectivity index (χ2v) is 1.89. The fraction of sp³-hybridized carbons (Fsp3) is 0.400. The van der Waals surface area contributed by atoms with Crippen LogP contribution in [0.3, 0.4) is 0 Å². The Labute approximate surface area is 60.2 Å². The van der Waals surface area contributed by atoms with Gasteiger partial charge in [0.15, 0.2) is 6.23 Å². The molecule has 1 aliphatic rings. The molecule has 2 N–H and O–H groups in total. The largest absolute Gasteiger partial charge is 0.449 e. The Bertz CT molecular complexity index is 208. The van der Waals surface area contributed by atoms with Crippen molar-refractivity contribution in [3.8, 4) is 0 Å².